The van der Waals surface area contributed by atoms with Crippen LogP contribution in [0.1, 0.15) is 26.3 Å². The van der Waals surface area contributed by atoms with Crippen LogP contribution in [0, 0.1) is 0 Å². The van der Waals surface area contributed by atoms with E-state index in [1.165, 1.54) is 101 Å². The minimum atomic E-state index is 0.0145. The standard InChI is InChI=1S/C50H36Se/c1-50(2,3)48-40-24-13-11-22-38(40)47(39-23-12-14-25-41(39)48)43-27-15-26-42-33-29-28-32(30-44(33)51-49(42)43)46-36-20-9-7-18-34(36)45(31-16-5-4-6-17-31)35-19-8-10-21-37(35)46/h4-30H,1-3H3. The molecule has 0 saturated heterocycles. The van der Waals surface area contributed by atoms with Crippen molar-refractivity contribution in [2.24, 2.45) is 0 Å². The first kappa shape index (κ1) is 30.4. The van der Waals surface area contributed by atoms with Gasteiger partial charge < -0.3 is 0 Å². The van der Waals surface area contributed by atoms with E-state index in [0.29, 0.717) is 0 Å². The zero-order chi connectivity index (χ0) is 34.3. The summed E-state index contributed by atoms with van der Waals surface area (Å²) in [6.07, 6.45) is 0. The molecule has 242 valence electrons. The van der Waals surface area contributed by atoms with E-state index in [4.69, 9.17) is 0 Å². The molecule has 0 aliphatic carbocycles. The molecule has 0 N–H and O–H groups in total. The zero-order valence-electron chi connectivity index (χ0n) is 29.0. The molecule has 0 saturated carbocycles. The minimum absolute atomic E-state index is 0.0145. The molecule has 1 aromatic heterocycles. The van der Waals surface area contributed by atoms with Crippen LogP contribution in [0.5, 0.6) is 0 Å². The third-order valence-electron chi connectivity index (χ3n) is 10.7. The van der Waals surface area contributed by atoms with Gasteiger partial charge in [-0.25, -0.2) is 0 Å². The van der Waals surface area contributed by atoms with Gasteiger partial charge in [-0.1, -0.05) is 0 Å². The van der Waals surface area contributed by atoms with Gasteiger partial charge in [0.2, 0.25) is 0 Å². The second-order valence-electron chi connectivity index (χ2n) is 14.8. The predicted octanol–water partition coefficient (Wildman–Crippen LogP) is 14.0. The van der Waals surface area contributed by atoms with Crippen LogP contribution >= 0.6 is 0 Å². The van der Waals surface area contributed by atoms with E-state index >= 15 is 0 Å². The van der Waals surface area contributed by atoms with Crippen LogP contribution in [0.25, 0.3) is 95.8 Å². The summed E-state index contributed by atoms with van der Waals surface area (Å²) in [5, 5.41) is 13.4. The first-order chi connectivity index (χ1) is 25.0. The fourth-order valence-corrected chi connectivity index (χ4v) is 11.4. The van der Waals surface area contributed by atoms with Gasteiger partial charge in [0.05, 0.1) is 0 Å². The molecule has 10 aromatic rings. The van der Waals surface area contributed by atoms with Crippen LogP contribution < -0.4 is 0 Å². The summed E-state index contributed by atoms with van der Waals surface area (Å²) in [7, 11) is 0. The SMILES string of the molecule is CC(C)(C)c1c2ccccc2c(-c2cccc3c2[se]c2cc(-c4c5ccccc5c(-c5ccccc5)c5ccccc45)ccc23)c2ccccc12. The van der Waals surface area contributed by atoms with E-state index in [2.05, 4.69) is 185 Å². The van der Waals surface area contributed by atoms with Gasteiger partial charge >= 0.3 is 306 Å². The van der Waals surface area contributed by atoms with Crippen molar-refractivity contribution < 1.29 is 0 Å². The van der Waals surface area contributed by atoms with Gasteiger partial charge in [0.25, 0.3) is 0 Å². The van der Waals surface area contributed by atoms with Gasteiger partial charge in [-0.2, -0.15) is 0 Å². The number of hydrogen-bond donors (Lipinski definition) is 0. The molecule has 0 bridgehead atoms. The molecule has 0 aliphatic heterocycles. The predicted molar refractivity (Wildman–Crippen MR) is 223 cm³/mol. The summed E-state index contributed by atoms with van der Waals surface area (Å²) >= 11 is 0.151. The Hall–Kier alpha value is -5.46. The average molecular weight is 716 g/mol. The Morgan fingerprint density at radius 1 is 0.353 bits per heavy atom. The third-order valence-corrected chi connectivity index (χ3v) is 13.3. The summed E-state index contributed by atoms with van der Waals surface area (Å²) in [4.78, 5) is 0. The molecule has 0 unspecified atom stereocenters. The van der Waals surface area contributed by atoms with E-state index in [9.17, 15) is 0 Å². The molecule has 0 amide bonds. The number of rotatable bonds is 3. The van der Waals surface area contributed by atoms with Gasteiger partial charge in [-0.15, -0.1) is 0 Å². The Labute approximate surface area is 304 Å². The van der Waals surface area contributed by atoms with Crippen molar-refractivity contribution in [3.05, 3.63) is 169 Å². The molecule has 0 radical (unpaired) electrons. The Bertz CT molecular complexity index is 2880. The molecule has 0 atom stereocenters. The Morgan fingerprint density at radius 3 is 1.33 bits per heavy atom. The van der Waals surface area contributed by atoms with Crippen molar-refractivity contribution in [1.82, 2.24) is 0 Å². The molecule has 1 heteroatoms. The number of hydrogen-bond acceptors (Lipinski definition) is 0. The van der Waals surface area contributed by atoms with E-state index < -0.39 is 0 Å². The maximum atomic E-state index is 2.51. The van der Waals surface area contributed by atoms with E-state index in [1.807, 2.05) is 0 Å². The molecular weight excluding hydrogens is 680 g/mol. The van der Waals surface area contributed by atoms with Gasteiger partial charge in [-0.05, 0) is 0 Å². The van der Waals surface area contributed by atoms with Crippen molar-refractivity contribution in [2.45, 2.75) is 26.2 Å². The molecule has 9 aromatic carbocycles. The van der Waals surface area contributed by atoms with Gasteiger partial charge in [0.1, 0.15) is 0 Å². The molecule has 0 spiro atoms. The summed E-state index contributed by atoms with van der Waals surface area (Å²) < 4.78 is 2.95. The fourth-order valence-electron chi connectivity index (χ4n) is 8.73. The van der Waals surface area contributed by atoms with Crippen LogP contribution in [0.2, 0.25) is 0 Å². The first-order valence-corrected chi connectivity index (χ1v) is 19.6. The van der Waals surface area contributed by atoms with Crippen molar-refractivity contribution >= 4 is 76.9 Å². The summed E-state index contributed by atoms with van der Waals surface area (Å²) in [5.74, 6) is 0. The molecule has 51 heavy (non-hydrogen) atoms. The first-order valence-electron chi connectivity index (χ1n) is 17.9. The van der Waals surface area contributed by atoms with Crippen LogP contribution in [-0.2, 0) is 5.41 Å². The van der Waals surface area contributed by atoms with Crippen LogP contribution in [-0.4, -0.2) is 14.5 Å². The molecule has 0 fully saturated rings. The summed E-state index contributed by atoms with van der Waals surface area (Å²) in [6, 6.07) is 61.3. The molecular formula is C50H36Se. The van der Waals surface area contributed by atoms with Crippen LogP contribution in [0.15, 0.2) is 164 Å². The van der Waals surface area contributed by atoms with Gasteiger partial charge in [0.15, 0.2) is 0 Å². The van der Waals surface area contributed by atoms with Crippen molar-refractivity contribution in [3.8, 4) is 33.4 Å². The average Bonchev–Trinajstić information content (AvgIpc) is 3.54. The van der Waals surface area contributed by atoms with Crippen molar-refractivity contribution in [2.75, 3.05) is 0 Å². The fraction of sp³-hybridized carbons (Fsp3) is 0.0800. The normalized spacial score (nSPS) is 12.2. The molecule has 0 aliphatic rings. The van der Waals surface area contributed by atoms with E-state index in [-0.39, 0.29) is 19.9 Å². The number of fused-ring (bicyclic) bond motifs is 7. The molecule has 10 rings (SSSR count). The Kier molecular flexibility index (Phi) is 6.87. The van der Waals surface area contributed by atoms with Crippen LogP contribution in [0.3, 0.4) is 0 Å². The molecule has 0 nitrogen and oxygen atoms in total. The molecule has 1 heterocycles. The number of benzene rings is 9. The van der Waals surface area contributed by atoms with Crippen molar-refractivity contribution in [3.63, 3.8) is 0 Å². The van der Waals surface area contributed by atoms with Crippen LogP contribution in [0.4, 0.5) is 0 Å². The third kappa shape index (κ3) is 4.66. The van der Waals surface area contributed by atoms with E-state index in [0.717, 1.165) is 0 Å². The maximum absolute atomic E-state index is 2.51. The van der Waals surface area contributed by atoms with Crippen molar-refractivity contribution in [1.29, 1.82) is 0 Å². The quantitative estimate of drug-likeness (QED) is 0.126. The van der Waals surface area contributed by atoms with E-state index in [1.54, 1.807) is 0 Å². The Morgan fingerprint density at radius 2 is 0.804 bits per heavy atom. The topological polar surface area (TPSA) is 0 Å². The van der Waals surface area contributed by atoms with Gasteiger partial charge in [-0.3, -0.25) is 0 Å². The van der Waals surface area contributed by atoms with Gasteiger partial charge in [0, 0.05) is 0 Å². The summed E-state index contributed by atoms with van der Waals surface area (Å²) in [6.45, 7) is 7.04. The monoisotopic (exact) mass is 716 g/mol. The second-order valence-corrected chi connectivity index (χ2v) is 17.0. The Balaban J connectivity index is 1.25. The second kappa shape index (κ2) is 11.5. The zero-order valence-corrected chi connectivity index (χ0v) is 30.7. The summed E-state index contributed by atoms with van der Waals surface area (Å²) in [5.41, 5.74) is 9.38.